The predicted octanol–water partition coefficient (Wildman–Crippen LogP) is 3.48. The molecule has 0 spiro atoms. The zero-order chi connectivity index (χ0) is 15.7. The van der Waals surface area contributed by atoms with Crippen LogP contribution in [0.1, 0.15) is 42.7 Å². The van der Waals surface area contributed by atoms with E-state index in [1.165, 1.54) is 0 Å². The van der Waals surface area contributed by atoms with E-state index in [0.29, 0.717) is 0 Å². The van der Waals surface area contributed by atoms with Crippen molar-refractivity contribution in [2.45, 2.75) is 39.0 Å². The van der Waals surface area contributed by atoms with Crippen molar-refractivity contribution in [3.63, 3.8) is 0 Å². The Hall–Kier alpha value is -1.84. The number of nitrogens with one attached hydrogen (secondary N) is 1. The quantitative estimate of drug-likeness (QED) is 0.896. The molecular formula is C19H24N2O. The molecular weight excluding hydrogens is 272 g/mol. The average molecular weight is 296 g/mol. The zero-order valence-electron chi connectivity index (χ0n) is 13.5. The number of nitrogens with zero attached hydrogens (tertiary/aromatic N) is 1. The smallest absolute Gasteiger partial charge is 0.158 e. The lowest BCUT2D eigenvalue weighted by molar-refractivity contribution is 0.0456. The summed E-state index contributed by atoms with van der Waals surface area (Å²) in [5.74, 6) is 0. The molecule has 1 aromatic rings. The maximum Gasteiger partial charge on any atom is 0.158 e. The molecule has 1 aliphatic heterocycles. The molecule has 1 heterocycles. The number of rotatable bonds is 3. The summed E-state index contributed by atoms with van der Waals surface area (Å²) in [6.07, 6.45) is 10.2. The van der Waals surface area contributed by atoms with Gasteiger partial charge in [0, 0.05) is 23.0 Å². The average Bonchev–Trinajstić information content (AvgIpc) is 2.54. The highest BCUT2D eigenvalue weighted by Crippen LogP contribution is 2.39. The lowest BCUT2D eigenvalue weighted by Gasteiger charge is -2.40. The van der Waals surface area contributed by atoms with Crippen molar-refractivity contribution in [2.24, 2.45) is 0 Å². The minimum absolute atomic E-state index is 0.166. The van der Waals surface area contributed by atoms with Crippen molar-refractivity contribution in [3.05, 3.63) is 64.5 Å². The van der Waals surface area contributed by atoms with E-state index >= 15 is 0 Å². The van der Waals surface area contributed by atoms with E-state index in [0.717, 1.165) is 40.9 Å². The summed E-state index contributed by atoms with van der Waals surface area (Å²) >= 11 is 0. The molecule has 0 bridgehead atoms. The number of likely N-dealkylation sites (N-methyl/N-ethyl adjacent to an activating group) is 1. The summed E-state index contributed by atoms with van der Waals surface area (Å²) in [4.78, 5) is 2.06. The van der Waals surface area contributed by atoms with E-state index in [2.05, 4.69) is 66.6 Å². The first kappa shape index (κ1) is 15.1. The van der Waals surface area contributed by atoms with Gasteiger partial charge in [-0.1, -0.05) is 30.4 Å². The second kappa shape index (κ2) is 6.11. The van der Waals surface area contributed by atoms with Crippen LogP contribution in [-0.2, 0) is 0 Å². The topological polar surface area (TPSA) is 35.5 Å². The Morgan fingerprint density at radius 3 is 2.82 bits per heavy atom. The third kappa shape index (κ3) is 2.51. The van der Waals surface area contributed by atoms with Gasteiger partial charge >= 0.3 is 0 Å². The molecule has 1 aliphatic carbocycles. The van der Waals surface area contributed by atoms with Crippen molar-refractivity contribution in [3.8, 4) is 0 Å². The van der Waals surface area contributed by atoms with Gasteiger partial charge in [-0.05, 0) is 57.0 Å². The Labute approximate surface area is 132 Å². The Bertz CT molecular complexity index is 657. The van der Waals surface area contributed by atoms with Gasteiger partial charge in [-0.15, -0.1) is 0 Å². The lowest BCUT2D eigenvalue weighted by Crippen LogP contribution is -2.39. The molecule has 0 radical (unpaired) electrons. The summed E-state index contributed by atoms with van der Waals surface area (Å²) in [6.45, 7) is 4.19. The van der Waals surface area contributed by atoms with Crippen LogP contribution in [0.2, 0.25) is 0 Å². The van der Waals surface area contributed by atoms with E-state index in [1.54, 1.807) is 0 Å². The number of allylic oxidation sites excluding steroid dienone is 3. The van der Waals surface area contributed by atoms with Gasteiger partial charge in [-0.3, -0.25) is 0 Å². The molecule has 0 saturated carbocycles. The second-order valence-electron chi connectivity index (χ2n) is 6.01. The second-order valence-corrected chi connectivity index (χ2v) is 6.01. The van der Waals surface area contributed by atoms with E-state index in [1.807, 2.05) is 7.05 Å². The van der Waals surface area contributed by atoms with Crippen LogP contribution >= 0.6 is 0 Å². The number of fused-ring (bicyclic) bond motifs is 1. The third-order valence-corrected chi connectivity index (χ3v) is 4.57. The Kier molecular flexibility index (Phi) is 4.19. The fraction of sp³-hybridized carbons (Fsp3) is 0.368. The fourth-order valence-corrected chi connectivity index (χ4v) is 3.23. The molecule has 3 heteroatoms. The normalized spacial score (nSPS) is 22.0. The van der Waals surface area contributed by atoms with Crippen molar-refractivity contribution < 1.29 is 5.11 Å². The Morgan fingerprint density at radius 1 is 1.32 bits per heavy atom. The minimum atomic E-state index is -0.638. The molecule has 22 heavy (non-hydrogen) atoms. The highest BCUT2D eigenvalue weighted by atomic mass is 16.3. The van der Waals surface area contributed by atoms with Crippen molar-refractivity contribution in [2.75, 3.05) is 7.05 Å². The largest absolute Gasteiger partial charge is 0.369 e. The first-order chi connectivity index (χ1) is 10.6. The van der Waals surface area contributed by atoms with E-state index in [-0.39, 0.29) is 6.04 Å². The molecule has 0 fully saturated rings. The van der Waals surface area contributed by atoms with Crippen LogP contribution in [0.15, 0.2) is 47.8 Å². The first-order valence-electron chi connectivity index (χ1n) is 7.96. The van der Waals surface area contributed by atoms with Crippen LogP contribution in [0.4, 0.5) is 0 Å². The van der Waals surface area contributed by atoms with E-state index in [4.69, 9.17) is 0 Å². The summed E-state index contributed by atoms with van der Waals surface area (Å²) in [7, 11) is 1.95. The van der Waals surface area contributed by atoms with Crippen LogP contribution < -0.4 is 5.32 Å². The van der Waals surface area contributed by atoms with Crippen LogP contribution in [0.25, 0.3) is 6.08 Å². The number of benzene rings is 1. The molecule has 0 amide bonds. The molecule has 2 aliphatic rings. The molecule has 0 saturated heterocycles. The van der Waals surface area contributed by atoms with Crippen molar-refractivity contribution >= 4 is 6.08 Å². The summed E-state index contributed by atoms with van der Waals surface area (Å²) in [5, 5.41) is 14.3. The summed E-state index contributed by atoms with van der Waals surface area (Å²) in [5.41, 5.74) is 5.44. The first-order valence-corrected chi connectivity index (χ1v) is 7.96. The SMILES string of the molecule is CN[C@@H](C)C1=Cc2cccc(C)c2C(O)N1C1=CCCC=C1. The molecule has 2 atom stereocenters. The van der Waals surface area contributed by atoms with Gasteiger partial charge < -0.3 is 15.3 Å². The number of aliphatic hydroxyl groups excluding tert-OH is 1. The zero-order valence-corrected chi connectivity index (χ0v) is 13.5. The molecule has 1 unspecified atom stereocenters. The standard InChI is InChI=1S/C19H24N2O/c1-13-8-7-9-15-12-17(14(2)20-3)21(19(22)18(13)15)16-10-5-4-6-11-16/h5,7-12,14,19-20,22H,4,6H2,1-3H3/t14-,19?/m0/s1. The lowest BCUT2D eigenvalue weighted by atomic mass is 9.92. The van der Waals surface area contributed by atoms with E-state index in [9.17, 15) is 5.11 Å². The number of hydrogen-bond acceptors (Lipinski definition) is 3. The monoisotopic (exact) mass is 296 g/mol. The molecule has 0 aromatic heterocycles. The minimum Gasteiger partial charge on any atom is -0.369 e. The van der Waals surface area contributed by atoms with Crippen LogP contribution in [0.3, 0.4) is 0 Å². The highest BCUT2D eigenvalue weighted by Gasteiger charge is 2.31. The van der Waals surface area contributed by atoms with Gasteiger partial charge in [0.2, 0.25) is 0 Å². The van der Waals surface area contributed by atoms with Gasteiger partial charge in [0.25, 0.3) is 0 Å². The molecule has 116 valence electrons. The maximum atomic E-state index is 11.1. The Morgan fingerprint density at radius 2 is 2.14 bits per heavy atom. The molecule has 1 aromatic carbocycles. The highest BCUT2D eigenvalue weighted by molar-refractivity contribution is 5.63. The summed E-state index contributed by atoms with van der Waals surface area (Å²) < 4.78 is 0. The van der Waals surface area contributed by atoms with Gasteiger partial charge in [-0.2, -0.15) is 0 Å². The van der Waals surface area contributed by atoms with Crippen LogP contribution in [0.5, 0.6) is 0 Å². The van der Waals surface area contributed by atoms with Crippen LogP contribution in [0, 0.1) is 6.92 Å². The molecule has 3 rings (SSSR count). The van der Waals surface area contributed by atoms with E-state index < -0.39 is 6.23 Å². The van der Waals surface area contributed by atoms with Crippen molar-refractivity contribution in [1.29, 1.82) is 0 Å². The maximum absolute atomic E-state index is 11.1. The van der Waals surface area contributed by atoms with Gasteiger partial charge in [0.1, 0.15) is 0 Å². The van der Waals surface area contributed by atoms with Crippen LogP contribution in [-0.4, -0.2) is 23.1 Å². The van der Waals surface area contributed by atoms with Gasteiger partial charge in [0.05, 0.1) is 0 Å². The van der Waals surface area contributed by atoms with Crippen molar-refractivity contribution in [1.82, 2.24) is 10.2 Å². The van der Waals surface area contributed by atoms with Gasteiger partial charge in [-0.25, -0.2) is 0 Å². The fourth-order valence-electron chi connectivity index (χ4n) is 3.23. The third-order valence-electron chi connectivity index (χ3n) is 4.57. The number of hydrogen-bond donors (Lipinski definition) is 2. The molecule has 2 N–H and O–H groups in total. The van der Waals surface area contributed by atoms with Gasteiger partial charge in [0.15, 0.2) is 6.23 Å². The Balaban J connectivity index is 2.13. The predicted molar refractivity (Wildman–Crippen MR) is 90.9 cm³/mol. The number of aliphatic hydroxyl groups is 1. The molecule has 3 nitrogen and oxygen atoms in total. The number of aryl methyl sites for hydroxylation is 1. The summed E-state index contributed by atoms with van der Waals surface area (Å²) in [6, 6.07) is 6.36.